The highest BCUT2D eigenvalue weighted by Gasteiger charge is 2.63. The molecule has 0 radical (unpaired) electrons. The summed E-state index contributed by atoms with van der Waals surface area (Å²) < 4.78 is 11.4. The van der Waals surface area contributed by atoms with Gasteiger partial charge in [0.25, 0.3) is 0 Å². The zero-order valence-corrected chi connectivity index (χ0v) is 18.7. The fourth-order valence-electron chi connectivity index (χ4n) is 5.04. The molecule has 3 aromatic carbocycles. The van der Waals surface area contributed by atoms with E-state index in [1.165, 1.54) is 7.11 Å². The van der Waals surface area contributed by atoms with Crippen LogP contribution in [-0.2, 0) is 28.0 Å². The van der Waals surface area contributed by atoms with Crippen LogP contribution in [0.3, 0.4) is 0 Å². The largest absolute Gasteiger partial charge is 0.489 e. The highest BCUT2D eigenvalue weighted by atomic mass is 16.5. The molecule has 3 aromatic rings. The third-order valence-electron chi connectivity index (χ3n) is 6.55. The van der Waals surface area contributed by atoms with Crippen LogP contribution in [0.1, 0.15) is 48.4 Å². The van der Waals surface area contributed by atoms with E-state index in [-0.39, 0.29) is 0 Å². The zero-order valence-electron chi connectivity index (χ0n) is 18.7. The van der Waals surface area contributed by atoms with Crippen molar-refractivity contribution in [2.45, 2.75) is 50.2 Å². The topological polar surface area (TPSA) is 55.8 Å². The summed E-state index contributed by atoms with van der Waals surface area (Å²) in [6, 6.07) is 25.3. The lowest BCUT2D eigenvalue weighted by Crippen LogP contribution is -2.55. The van der Waals surface area contributed by atoms with Crippen LogP contribution in [0, 0.1) is 0 Å². The van der Waals surface area contributed by atoms with E-state index in [0.29, 0.717) is 19.4 Å². The molecule has 32 heavy (non-hydrogen) atoms. The average molecular weight is 431 g/mol. The van der Waals surface area contributed by atoms with E-state index in [1.54, 1.807) is 0 Å². The van der Waals surface area contributed by atoms with Crippen molar-refractivity contribution in [1.82, 2.24) is 0 Å². The molecule has 0 heterocycles. The Bertz CT molecular complexity index is 1060. The van der Waals surface area contributed by atoms with Gasteiger partial charge in [-0.25, -0.2) is 0 Å². The standard InChI is InChI=1S/C28H30O4/c1-3-4-17-27(30)19-22-18-24(32-20-21-11-7-5-8-12-21)15-16-25(22)28(27,26(29)31-2)23-13-9-6-10-14-23/h5-16,18,30H,3-4,17,19-20H2,1-2H3/t27-,28-/m0/s1. The van der Waals surface area contributed by atoms with Crippen molar-refractivity contribution in [3.63, 3.8) is 0 Å². The summed E-state index contributed by atoms with van der Waals surface area (Å²) in [5, 5.41) is 12.1. The van der Waals surface area contributed by atoms with Gasteiger partial charge in [0, 0.05) is 6.42 Å². The minimum Gasteiger partial charge on any atom is -0.489 e. The molecule has 0 spiro atoms. The Kier molecular flexibility index (Phi) is 6.33. The van der Waals surface area contributed by atoms with Gasteiger partial charge < -0.3 is 14.6 Å². The number of carbonyl (C=O) groups excluding carboxylic acids is 1. The van der Waals surface area contributed by atoms with E-state index in [0.717, 1.165) is 40.8 Å². The molecule has 0 unspecified atom stereocenters. The van der Waals surface area contributed by atoms with Gasteiger partial charge in [0.05, 0.1) is 12.7 Å². The zero-order chi connectivity index (χ0) is 22.6. The van der Waals surface area contributed by atoms with Gasteiger partial charge in [0.15, 0.2) is 0 Å². The Balaban J connectivity index is 1.79. The minimum atomic E-state index is -1.28. The Labute approximate surface area is 189 Å². The van der Waals surface area contributed by atoms with Crippen LogP contribution in [0.15, 0.2) is 78.9 Å². The van der Waals surface area contributed by atoms with Gasteiger partial charge in [-0.2, -0.15) is 0 Å². The number of carbonyl (C=O) groups is 1. The number of hydrogen-bond donors (Lipinski definition) is 1. The highest BCUT2D eigenvalue weighted by molar-refractivity contribution is 5.91. The van der Waals surface area contributed by atoms with Crippen LogP contribution in [0.4, 0.5) is 0 Å². The number of aliphatic hydroxyl groups is 1. The first-order valence-electron chi connectivity index (χ1n) is 11.2. The van der Waals surface area contributed by atoms with Crippen molar-refractivity contribution >= 4 is 5.97 Å². The second-order valence-corrected chi connectivity index (χ2v) is 8.51. The maximum absolute atomic E-state index is 13.5. The monoisotopic (exact) mass is 430 g/mol. The molecular formula is C28H30O4. The molecule has 2 atom stereocenters. The van der Waals surface area contributed by atoms with E-state index < -0.39 is 17.0 Å². The van der Waals surface area contributed by atoms with E-state index in [4.69, 9.17) is 9.47 Å². The SMILES string of the molecule is CCCC[C@]1(O)Cc2cc(OCc3ccccc3)ccc2[C@]1(C(=O)OC)c1ccccc1. The maximum Gasteiger partial charge on any atom is 0.323 e. The van der Waals surface area contributed by atoms with Crippen molar-refractivity contribution in [3.05, 3.63) is 101 Å². The lowest BCUT2D eigenvalue weighted by atomic mass is 9.65. The van der Waals surface area contributed by atoms with Crippen LogP contribution < -0.4 is 4.74 Å². The third-order valence-corrected chi connectivity index (χ3v) is 6.55. The van der Waals surface area contributed by atoms with E-state index in [1.807, 2.05) is 78.9 Å². The molecule has 166 valence electrons. The lowest BCUT2D eigenvalue weighted by molar-refractivity contribution is -0.156. The van der Waals surface area contributed by atoms with Gasteiger partial charge in [0.1, 0.15) is 17.8 Å². The van der Waals surface area contributed by atoms with E-state index in [9.17, 15) is 9.90 Å². The molecular weight excluding hydrogens is 400 g/mol. The Morgan fingerprint density at radius 1 is 1.00 bits per heavy atom. The summed E-state index contributed by atoms with van der Waals surface area (Å²) in [6.07, 6.45) is 2.61. The summed E-state index contributed by atoms with van der Waals surface area (Å²) in [6.45, 7) is 2.55. The van der Waals surface area contributed by atoms with Crippen molar-refractivity contribution in [3.8, 4) is 5.75 Å². The maximum atomic E-state index is 13.5. The number of methoxy groups -OCH3 is 1. The van der Waals surface area contributed by atoms with Crippen molar-refractivity contribution in [2.24, 2.45) is 0 Å². The molecule has 1 aliphatic carbocycles. The van der Waals surface area contributed by atoms with Crippen LogP contribution >= 0.6 is 0 Å². The highest BCUT2D eigenvalue weighted by Crippen LogP contribution is 2.54. The van der Waals surface area contributed by atoms with Crippen LogP contribution in [0.5, 0.6) is 5.75 Å². The second kappa shape index (κ2) is 9.17. The minimum absolute atomic E-state index is 0.370. The molecule has 0 bridgehead atoms. The fraction of sp³-hybridized carbons (Fsp3) is 0.321. The van der Waals surface area contributed by atoms with Crippen LogP contribution in [0.2, 0.25) is 0 Å². The number of fused-ring (bicyclic) bond motifs is 1. The fourth-order valence-corrected chi connectivity index (χ4v) is 5.04. The van der Waals surface area contributed by atoms with Crippen LogP contribution in [0.25, 0.3) is 0 Å². The second-order valence-electron chi connectivity index (χ2n) is 8.51. The summed E-state index contributed by atoms with van der Waals surface area (Å²) in [4.78, 5) is 13.5. The smallest absolute Gasteiger partial charge is 0.323 e. The van der Waals surface area contributed by atoms with Gasteiger partial charge in [-0.1, -0.05) is 86.5 Å². The number of unbranched alkanes of at least 4 members (excludes halogenated alkanes) is 1. The molecule has 0 aliphatic heterocycles. The first-order chi connectivity index (χ1) is 15.5. The lowest BCUT2D eigenvalue weighted by Gasteiger charge is -2.41. The molecule has 0 saturated carbocycles. The molecule has 1 N–H and O–H groups in total. The van der Waals surface area contributed by atoms with Crippen LogP contribution in [-0.4, -0.2) is 23.8 Å². The molecule has 0 fully saturated rings. The summed E-state index contributed by atoms with van der Waals surface area (Å²) in [5.74, 6) is 0.290. The number of ether oxygens (including phenoxy) is 2. The van der Waals surface area contributed by atoms with Gasteiger partial charge in [0.2, 0.25) is 0 Å². The number of rotatable bonds is 8. The molecule has 4 heteroatoms. The van der Waals surface area contributed by atoms with Crippen molar-refractivity contribution in [2.75, 3.05) is 7.11 Å². The average Bonchev–Trinajstić information content (AvgIpc) is 3.10. The first kappa shape index (κ1) is 22.1. The quantitative estimate of drug-likeness (QED) is 0.499. The first-order valence-corrected chi connectivity index (χ1v) is 11.2. The molecule has 0 aromatic heterocycles. The van der Waals surface area contributed by atoms with Crippen molar-refractivity contribution in [1.29, 1.82) is 0 Å². The number of hydrogen-bond acceptors (Lipinski definition) is 4. The Hall–Kier alpha value is -3.11. The Morgan fingerprint density at radius 3 is 2.34 bits per heavy atom. The summed E-state index contributed by atoms with van der Waals surface area (Å²) >= 11 is 0. The van der Waals surface area contributed by atoms with E-state index in [2.05, 4.69) is 6.92 Å². The van der Waals surface area contributed by atoms with Crippen molar-refractivity contribution < 1.29 is 19.4 Å². The molecule has 0 saturated heterocycles. The van der Waals surface area contributed by atoms with Gasteiger partial charge in [-0.05, 0) is 40.8 Å². The molecule has 0 amide bonds. The van der Waals surface area contributed by atoms with Gasteiger partial charge >= 0.3 is 5.97 Å². The predicted molar refractivity (Wildman–Crippen MR) is 125 cm³/mol. The number of esters is 1. The molecule has 1 aliphatic rings. The van der Waals surface area contributed by atoms with Gasteiger partial charge in [-0.15, -0.1) is 0 Å². The molecule has 4 nitrogen and oxygen atoms in total. The van der Waals surface area contributed by atoms with Gasteiger partial charge in [-0.3, -0.25) is 4.79 Å². The number of benzene rings is 3. The van der Waals surface area contributed by atoms with E-state index >= 15 is 0 Å². The summed E-state index contributed by atoms with van der Waals surface area (Å²) in [7, 11) is 1.39. The predicted octanol–water partition coefficient (Wildman–Crippen LogP) is 5.20. The Morgan fingerprint density at radius 2 is 1.69 bits per heavy atom. The summed E-state index contributed by atoms with van der Waals surface area (Å²) in [5.41, 5.74) is 0.996. The molecule has 4 rings (SSSR count). The normalized spacial score (nSPS) is 21.7. The third kappa shape index (κ3) is 3.69.